The van der Waals surface area contributed by atoms with E-state index in [9.17, 15) is 0 Å². The standard InChI is InChI=1S/C11H13ClNO/c1-3-9(2)14-13-8-10-6-4-5-7-11(10)12/h4-7,9H,3H2,1-2H3. The Hall–Kier alpha value is -1.02. The molecule has 0 amide bonds. The van der Waals surface area contributed by atoms with Crippen molar-refractivity contribution >= 4 is 17.8 Å². The molecule has 3 heteroatoms. The lowest BCUT2D eigenvalue weighted by molar-refractivity contribution is 0.0712. The Kier molecular flexibility index (Phi) is 4.47. The second-order valence-corrected chi connectivity index (χ2v) is 3.41. The zero-order valence-electron chi connectivity index (χ0n) is 8.33. The highest BCUT2D eigenvalue weighted by Crippen LogP contribution is 2.12. The molecule has 0 heterocycles. The number of hydrogen-bond acceptors (Lipinski definition) is 2. The predicted molar refractivity (Wildman–Crippen MR) is 58.8 cm³/mol. The maximum absolute atomic E-state index is 5.90. The molecule has 0 fully saturated rings. The van der Waals surface area contributed by atoms with Crippen LogP contribution in [-0.4, -0.2) is 12.3 Å². The molecule has 1 aromatic carbocycles. The number of hydrogen-bond donors (Lipinski definition) is 0. The summed E-state index contributed by atoms with van der Waals surface area (Å²) in [4.78, 5) is 5.11. The van der Waals surface area contributed by atoms with Gasteiger partial charge >= 0.3 is 0 Å². The quantitative estimate of drug-likeness (QED) is 0.552. The SMILES string of the molecule is CCC(C)O/N=[C]/c1ccccc1Cl. The Labute approximate surface area is 89.5 Å². The van der Waals surface area contributed by atoms with Crippen LogP contribution in [0, 0.1) is 0 Å². The van der Waals surface area contributed by atoms with E-state index in [1.54, 1.807) is 6.07 Å². The van der Waals surface area contributed by atoms with Gasteiger partial charge in [-0.15, -0.1) is 0 Å². The average molecular weight is 211 g/mol. The topological polar surface area (TPSA) is 21.6 Å². The second-order valence-electron chi connectivity index (χ2n) is 3.01. The molecule has 1 atom stereocenters. The highest BCUT2D eigenvalue weighted by molar-refractivity contribution is 6.33. The molecule has 2 nitrogen and oxygen atoms in total. The Bertz CT molecular complexity index is 312. The lowest BCUT2D eigenvalue weighted by Crippen LogP contribution is -2.01. The van der Waals surface area contributed by atoms with Gasteiger partial charge in [-0.1, -0.05) is 41.9 Å². The van der Waals surface area contributed by atoms with Gasteiger partial charge in [0.2, 0.25) is 0 Å². The predicted octanol–water partition coefficient (Wildman–Crippen LogP) is 3.37. The van der Waals surface area contributed by atoms with Gasteiger partial charge in [0.1, 0.15) is 12.3 Å². The van der Waals surface area contributed by atoms with Gasteiger partial charge in [-0.25, -0.2) is 0 Å². The molecule has 1 radical (unpaired) electrons. The van der Waals surface area contributed by atoms with Crippen LogP contribution >= 0.6 is 11.6 Å². The van der Waals surface area contributed by atoms with E-state index in [0.717, 1.165) is 12.0 Å². The van der Waals surface area contributed by atoms with E-state index in [1.165, 1.54) is 0 Å². The van der Waals surface area contributed by atoms with Crippen molar-refractivity contribution in [1.29, 1.82) is 0 Å². The minimum atomic E-state index is 0.116. The molecule has 0 bridgehead atoms. The maximum atomic E-state index is 5.90. The molecule has 1 aromatic rings. The summed E-state index contributed by atoms with van der Waals surface area (Å²) in [6.45, 7) is 3.99. The van der Waals surface area contributed by atoms with Crippen LogP contribution in [0.5, 0.6) is 0 Å². The molecule has 1 rings (SSSR count). The molecule has 0 saturated carbocycles. The molecule has 0 spiro atoms. The summed E-state index contributed by atoms with van der Waals surface area (Å²) in [5, 5.41) is 4.37. The molecular weight excluding hydrogens is 198 g/mol. The number of benzene rings is 1. The summed E-state index contributed by atoms with van der Waals surface area (Å²) in [5.41, 5.74) is 0.748. The first kappa shape index (κ1) is 11.1. The zero-order valence-corrected chi connectivity index (χ0v) is 9.08. The average Bonchev–Trinajstić information content (AvgIpc) is 2.20. The van der Waals surface area contributed by atoms with Gasteiger partial charge in [-0.3, -0.25) is 0 Å². The fraction of sp³-hybridized carbons (Fsp3) is 0.364. The number of rotatable bonds is 4. The normalized spacial score (nSPS) is 13.1. The van der Waals surface area contributed by atoms with Crippen molar-refractivity contribution in [3.05, 3.63) is 34.9 Å². The summed E-state index contributed by atoms with van der Waals surface area (Å²) in [5.74, 6) is 0. The lowest BCUT2D eigenvalue weighted by atomic mass is 10.2. The minimum absolute atomic E-state index is 0.116. The van der Waals surface area contributed by atoms with E-state index in [1.807, 2.05) is 32.0 Å². The Balaban J connectivity index is 2.56. The maximum Gasteiger partial charge on any atom is 0.141 e. The van der Waals surface area contributed by atoms with E-state index in [-0.39, 0.29) is 6.10 Å². The van der Waals surface area contributed by atoms with Crippen LogP contribution < -0.4 is 0 Å². The summed E-state index contributed by atoms with van der Waals surface area (Å²) in [7, 11) is 0. The van der Waals surface area contributed by atoms with Crippen molar-refractivity contribution in [3.63, 3.8) is 0 Å². The first-order valence-electron chi connectivity index (χ1n) is 4.60. The van der Waals surface area contributed by atoms with Gasteiger partial charge in [-0.05, 0) is 19.4 Å². The van der Waals surface area contributed by atoms with E-state index in [2.05, 4.69) is 11.4 Å². The van der Waals surface area contributed by atoms with Crippen LogP contribution in [-0.2, 0) is 4.84 Å². The van der Waals surface area contributed by atoms with Gasteiger partial charge in [0, 0.05) is 5.56 Å². The van der Waals surface area contributed by atoms with Gasteiger partial charge < -0.3 is 4.84 Å². The van der Waals surface area contributed by atoms with Crippen LogP contribution in [0.4, 0.5) is 0 Å². The third-order valence-corrected chi connectivity index (χ3v) is 2.18. The molecular formula is C11H13ClNO. The van der Waals surface area contributed by atoms with Gasteiger partial charge in [-0.2, -0.15) is 0 Å². The first-order valence-corrected chi connectivity index (χ1v) is 4.98. The first-order chi connectivity index (χ1) is 6.74. The summed E-state index contributed by atoms with van der Waals surface area (Å²) < 4.78 is 0. The highest BCUT2D eigenvalue weighted by Gasteiger charge is 1.97. The van der Waals surface area contributed by atoms with Crippen LogP contribution in [0.15, 0.2) is 29.4 Å². The van der Waals surface area contributed by atoms with E-state index in [4.69, 9.17) is 16.4 Å². The molecule has 0 aromatic heterocycles. The number of halogens is 1. The van der Waals surface area contributed by atoms with E-state index >= 15 is 0 Å². The van der Waals surface area contributed by atoms with Crippen molar-refractivity contribution in [1.82, 2.24) is 0 Å². The van der Waals surface area contributed by atoms with Crippen molar-refractivity contribution < 1.29 is 4.84 Å². The minimum Gasteiger partial charge on any atom is -0.392 e. The smallest absolute Gasteiger partial charge is 0.141 e. The fourth-order valence-corrected chi connectivity index (χ4v) is 0.970. The Morgan fingerprint density at radius 3 is 2.86 bits per heavy atom. The van der Waals surface area contributed by atoms with E-state index in [0.29, 0.717) is 5.02 Å². The molecule has 0 N–H and O–H groups in total. The zero-order chi connectivity index (χ0) is 10.4. The van der Waals surface area contributed by atoms with Gasteiger partial charge in [0.15, 0.2) is 0 Å². The van der Waals surface area contributed by atoms with Crippen molar-refractivity contribution in [2.24, 2.45) is 5.16 Å². The van der Waals surface area contributed by atoms with Gasteiger partial charge in [0.25, 0.3) is 0 Å². The molecule has 1 unspecified atom stereocenters. The molecule has 0 aliphatic carbocycles. The Morgan fingerprint density at radius 2 is 2.21 bits per heavy atom. The van der Waals surface area contributed by atoms with E-state index < -0.39 is 0 Å². The summed E-state index contributed by atoms with van der Waals surface area (Å²) >= 11 is 5.90. The molecule has 0 saturated heterocycles. The van der Waals surface area contributed by atoms with Crippen molar-refractivity contribution in [2.75, 3.05) is 0 Å². The summed E-state index contributed by atoms with van der Waals surface area (Å²) in [6.07, 6.45) is 3.79. The second kappa shape index (κ2) is 5.66. The highest BCUT2D eigenvalue weighted by atomic mass is 35.5. The van der Waals surface area contributed by atoms with Crippen molar-refractivity contribution in [2.45, 2.75) is 26.4 Å². The Morgan fingerprint density at radius 1 is 1.50 bits per heavy atom. The van der Waals surface area contributed by atoms with Crippen LogP contribution in [0.3, 0.4) is 0 Å². The van der Waals surface area contributed by atoms with Crippen LogP contribution in [0.25, 0.3) is 0 Å². The largest absolute Gasteiger partial charge is 0.392 e. The fourth-order valence-electron chi connectivity index (χ4n) is 0.792. The lowest BCUT2D eigenvalue weighted by Gasteiger charge is -2.04. The van der Waals surface area contributed by atoms with Gasteiger partial charge in [0.05, 0.1) is 5.02 Å². The third-order valence-electron chi connectivity index (χ3n) is 1.85. The molecule has 0 aliphatic heterocycles. The van der Waals surface area contributed by atoms with Crippen molar-refractivity contribution in [3.8, 4) is 0 Å². The molecule has 0 aliphatic rings. The van der Waals surface area contributed by atoms with Crippen LogP contribution in [0.1, 0.15) is 25.8 Å². The summed E-state index contributed by atoms with van der Waals surface area (Å²) in [6, 6.07) is 7.38. The molecule has 14 heavy (non-hydrogen) atoms. The molecule has 75 valence electrons. The monoisotopic (exact) mass is 210 g/mol. The van der Waals surface area contributed by atoms with Crippen LogP contribution in [0.2, 0.25) is 5.02 Å². The number of nitrogens with zero attached hydrogens (tertiary/aromatic N) is 1. The third kappa shape index (κ3) is 3.38.